The van der Waals surface area contributed by atoms with Crippen molar-refractivity contribution in [2.45, 2.75) is 13.5 Å². The Hall–Kier alpha value is -3.68. The SMILES string of the molecule is Cc1ccccc1Cn1ccc(NC(=O)/C=C/c2ccc([N+](=O)[O-])o2)n1. The van der Waals surface area contributed by atoms with Crippen LogP contribution in [0.2, 0.25) is 0 Å². The van der Waals surface area contributed by atoms with Gasteiger partial charge in [-0.15, -0.1) is 0 Å². The van der Waals surface area contributed by atoms with E-state index in [4.69, 9.17) is 4.42 Å². The average molecular weight is 352 g/mol. The minimum absolute atomic E-state index is 0.219. The largest absolute Gasteiger partial charge is 0.433 e. The topological polar surface area (TPSA) is 103 Å². The van der Waals surface area contributed by atoms with Gasteiger partial charge in [-0.2, -0.15) is 5.10 Å². The molecule has 0 atom stereocenters. The van der Waals surface area contributed by atoms with E-state index in [-0.39, 0.29) is 11.6 Å². The van der Waals surface area contributed by atoms with E-state index in [1.165, 1.54) is 29.8 Å². The first-order chi connectivity index (χ1) is 12.5. The first-order valence-corrected chi connectivity index (χ1v) is 7.82. The molecule has 132 valence electrons. The van der Waals surface area contributed by atoms with Gasteiger partial charge in [-0.25, -0.2) is 0 Å². The van der Waals surface area contributed by atoms with Crippen molar-refractivity contribution in [3.8, 4) is 0 Å². The molecule has 3 aromatic rings. The minimum Gasteiger partial charge on any atom is -0.401 e. The highest BCUT2D eigenvalue weighted by Gasteiger charge is 2.10. The Morgan fingerprint density at radius 3 is 2.85 bits per heavy atom. The lowest BCUT2D eigenvalue weighted by atomic mass is 10.1. The lowest BCUT2D eigenvalue weighted by Crippen LogP contribution is -2.09. The van der Waals surface area contributed by atoms with Crippen LogP contribution in [0.15, 0.2) is 59.2 Å². The van der Waals surface area contributed by atoms with Gasteiger partial charge in [0.2, 0.25) is 5.91 Å². The normalized spacial score (nSPS) is 11.0. The maximum atomic E-state index is 11.9. The van der Waals surface area contributed by atoms with Crippen molar-refractivity contribution < 1.29 is 14.1 Å². The fourth-order valence-electron chi connectivity index (χ4n) is 2.33. The number of rotatable bonds is 6. The molecule has 0 saturated heterocycles. The fraction of sp³-hybridized carbons (Fsp3) is 0.111. The summed E-state index contributed by atoms with van der Waals surface area (Å²) in [4.78, 5) is 21.8. The summed E-state index contributed by atoms with van der Waals surface area (Å²) in [5.41, 5.74) is 2.32. The van der Waals surface area contributed by atoms with Crippen molar-refractivity contribution in [1.29, 1.82) is 0 Å². The van der Waals surface area contributed by atoms with Gasteiger partial charge in [0.1, 0.15) is 10.7 Å². The summed E-state index contributed by atoms with van der Waals surface area (Å²) in [5, 5.41) is 17.5. The Bertz CT molecular complexity index is 971. The van der Waals surface area contributed by atoms with Gasteiger partial charge in [-0.05, 0) is 30.2 Å². The molecule has 0 aliphatic rings. The highest BCUT2D eigenvalue weighted by molar-refractivity contribution is 6.01. The Kier molecular flexibility index (Phi) is 4.93. The number of hydrogen-bond acceptors (Lipinski definition) is 5. The Morgan fingerprint density at radius 2 is 2.12 bits per heavy atom. The molecule has 8 nitrogen and oxygen atoms in total. The summed E-state index contributed by atoms with van der Waals surface area (Å²) in [6.07, 6.45) is 4.36. The van der Waals surface area contributed by atoms with E-state index in [1.54, 1.807) is 16.9 Å². The molecule has 0 aliphatic carbocycles. The van der Waals surface area contributed by atoms with Crippen LogP contribution in [0.4, 0.5) is 11.7 Å². The van der Waals surface area contributed by atoms with Gasteiger partial charge in [-0.3, -0.25) is 19.6 Å². The van der Waals surface area contributed by atoms with Crippen LogP contribution in [-0.4, -0.2) is 20.6 Å². The van der Waals surface area contributed by atoms with Crippen molar-refractivity contribution in [3.05, 3.63) is 81.7 Å². The molecule has 3 rings (SSSR count). The Balaban J connectivity index is 1.59. The van der Waals surface area contributed by atoms with Gasteiger partial charge in [0.15, 0.2) is 5.82 Å². The first-order valence-electron chi connectivity index (χ1n) is 7.82. The summed E-state index contributed by atoms with van der Waals surface area (Å²) >= 11 is 0. The lowest BCUT2D eigenvalue weighted by Gasteiger charge is -2.05. The Labute approximate surface area is 148 Å². The van der Waals surface area contributed by atoms with Crippen LogP contribution >= 0.6 is 0 Å². The number of anilines is 1. The van der Waals surface area contributed by atoms with E-state index in [9.17, 15) is 14.9 Å². The van der Waals surface area contributed by atoms with Crippen LogP contribution in [0, 0.1) is 17.0 Å². The molecule has 26 heavy (non-hydrogen) atoms. The molecule has 0 bridgehead atoms. The second-order valence-corrected chi connectivity index (χ2v) is 5.58. The summed E-state index contributed by atoms with van der Waals surface area (Å²) in [7, 11) is 0. The number of nitro groups is 1. The highest BCUT2D eigenvalue weighted by atomic mass is 16.6. The van der Waals surface area contributed by atoms with E-state index in [0.717, 1.165) is 5.56 Å². The summed E-state index contributed by atoms with van der Waals surface area (Å²) in [6, 6.07) is 12.4. The Morgan fingerprint density at radius 1 is 1.31 bits per heavy atom. The standard InChI is InChI=1S/C18H16N4O4/c1-13-4-2-3-5-14(13)12-21-11-10-16(20-21)19-17(23)8-6-15-7-9-18(26-15)22(24)25/h2-11H,12H2,1H3,(H,19,20,23)/b8-6+. The highest BCUT2D eigenvalue weighted by Crippen LogP contribution is 2.16. The minimum atomic E-state index is -0.640. The number of carbonyl (C=O) groups excluding carboxylic acids is 1. The maximum Gasteiger partial charge on any atom is 0.433 e. The number of benzene rings is 1. The van der Waals surface area contributed by atoms with Crippen LogP contribution < -0.4 is 5.32 Å². The van der Waals surface area contributed by atoms with Gasteiger partial charge < -0.3 is 9.73 Å². The van der Waals surface area contributed by atoms with Crippen molar-refractivity contribution in [2.24, 2.45) is 0 Å². The fourth-order valence-corrected chi connectivity index (χ4v) is 2.33. The molecule has 0 fully saturated rings. The van der Waals surface area contributed by atoms with E-state index in [2.05, 4.69) is 10.4 Å². The number of nitrogens with one attached hydrogen (secondary N) is 1. The molecule has 8 heteroatoms. The van der Waals surface area contributed by atoms with Crippen molar-refractivity contribution in [2.75, 3.05) is 5.32 Å². The van der Waals surface area contributed by atoms with Crippen molar-refractivity contribution in [3.63, 3.8) is 0 Å². The number of hydrogen-bond donors (Lipinski definition) is 1. The third-order valence-electron chi connectivity index (χ3n) is 3.68. The molecular formula is C18H16N4O4. The molecule has 1 aromatic carbocycles. The van der Waals surface area contributed by atoms with E-state index >= 15 is 0 Å². The van der Waals surface area contributed by atoms with Crippen LogP contribution in [0.1, 0.15) is 16.9 Å². The monoisotopic (exact) mass is 352 g/mol. The predicted molar refractivity (Wildman–Crippen MR) is 95.5 cm³/mol. The second-order valence-electron chi connectivity index (χ2n) is 5.58. The van der Waals surface area contributed by atoms with Gasteiger partial charge in [-0.1, -0.05) is 24.3 Å². The molecule has 0 radical (unpaired) electrons. The van der Waals surface area contributed by atoms with Gasteiger partial charge >= 0.3 is 5.88 Å². The first kappa shape index (κ1) is 17.2. The lowest BCUT2D eigenvalue weighted by molar-refractivity contribution is -0.402. The van der Waals surface area contributed by atoms with Crippen LogP contribution in [0.3, 0.4) is 0 Å². The zero-order valence-corrected chi connectivity index (χ0v) is 14.0. The van der Waals surface area contributed by atoms with Crippen molar-refractivity contribution in [1.82, 2.24) is 9.78 Å². The average Bonchev–Trinajstić information content (AvgIpc) is 3.25. The maximum absolute atomic E-state index is 11.9. The smallest absolute Gasteiger partial charge is 0.401 e. The number of aromatic nitrogens is 2. The number of amides is 1. The second kappa shape index (κ2) is 7.47. The van der Waals surface area contributed by atoms with Crippen LogP contribution in [0.5, 0.6) is 0 Å². The molecule has 0 saturated carbocycles. The molecule has 2 heterocycles. The predicted octanol–water partition coefficient (Wildman–Crippen LogP) is 3.39. The van der Waals surface area contributed by atoms with E-state index in [0.29, 0.717) is 12.4 Å². The molecule has 1 N–H and O–H groups in total. The zero-order valence-electron chi connectivity index (χ0n) is 14.0. The molecule has 2 aromatic heterocycles. The molecule has 1 amide bonds. The van der Waals surface area contributed by atoms with Crippen molar-refractivity contribution >= 4 is 23.7 Å². The number of aryl methyl sites for hydroxylation is 1. The van der Waals surface area contributed by atoms with Crippen LogP contribution in [0.25, 0.3) is 6.08 Å². The molecule has 0 aliphatic heterocycles. The van der Waals surface area contributed by atoms with Crippen LogP contribution in [-0.2, 0) is 11.3 Å². The molecule has 0 unspecified atom stereocenters. The van der Waals surface area contributed by atoms with E-state index < -0.39 is 10.8 Å². The zero-order chi connectivity index (χ0) is 18.5. The molecular weight excluding hydrogens is 336 g/mol. The third kappa shape index (κ3) is 4.23. The number of carbonyl (C=O) groups is 1. The van der Waals surface area contributed by atoms with E-state index in [1.807, 2.05) is 31.2 Å². The summed E-state index contributed by atoms with van der Waals surface area (Å²) in [6.45, 7) is 2.64. The summed E-state index contributed by atoms with van der Waals surface area (Å²) < 4.78 is 6.68. The molecule has 0 spiro atoms. The quantitative estimate of drug-likeness (QED) is 0.416. The van der Waals surface area contributed by atoms with Gasteiger partial charge in [0.05, 0.1) is 12.6 Å². The summed E-state index contributed by atoms with van der Waals surface area (Å²) in [5.74, 6) is -0.152. The third-order valence-corrected chi connectivity index (χ3v) is 3.68. The number of nitrogens with zero attached hydrogens (tertiary/aromatic N) is 3. The number of furan rings is 1. The van der Waals surface area contributed by atoms with Gasteiger partial charge in [0, 0.05) is 18.3 Å². The van der Waals surface area contributed by atoms with Gasteiger partial charge in [0.25, 0.3) is 0 Å².